The number of methoxy groups -OCH3 is 1. The molecule has 5 heteroatoms. The van der Waals surface area contributed by atoms with Crippen molar-refractivity contribution >= 4 is 11.7 Å². The Bertz CT molecular complexity index is 621. The molecule has 0 saturated heterocycles. The number of carbonyl (C=O) groups is 1. The molecule has 0 saturated carbocycles. The Morgan fingerprint density at radius 3 is 2.81 bits per heavy atom. The van der Waals surface area contributed by atoms with Crippen LogP contribution in [0.4, 0.5) is 5.82 Å². The summed E-state index contributed by atoms with van der Waals surface area (Å²) >= 11 is 0. The molecule has 0 unspecified atom stereocenters. The number of ether oxygens (including phenoxy) is 1. The van der Waals surface area contributed by atoms with Crippen LogP contribution in [0.1, 0.15) is 21.6 Å². The Morgan fingerprint density at radius 1 is 1.33 bits per heavy atom. The summed E-state index contributed by atoms with van der Waals surface area (Å²) in [5.74, 6) is 1.03. The molecule has 1 heterocycles. The van der Waals surface area contributed by atoms with E-state index < -0.39 is 0 Å². The molecule has 2 rings (SSSR count). The summed E-state index contributed by atoms with van der Waals surface area (Å²) in [6, 6.07) is 11.1. The maximum Gasteiger partial charge on any atom is 0.251 e. The number of amides is 1. The molecular formula is C16H19N3O2. The van der Waals surface area contributed by atoms with E-state index >= 15 is 0 Å². The number of carbonyl (C=O) groups excluding carboxylic acids is 1. The number of hydrogen-bond donors (Lipinski definition) is 2. The average Bonchev–Trinajstić information content (AvgIpc) is 2.46. The fourth-order valence-corrected chi connectivity index (χ4v) is 2.15. The van der Waals surface area contributed by atoms with Crippen LogP contribution in [-0.2, 0) is 6.42 Å². The molecule has 0 aliphatic rings. The molecule has 5 nitrogen and oxygen atoms in total. The van der Waals surface area contributed by atoms with Gasteiger partial charge >= 0.3 is 0 Å². The minimum Gasteiger partial charge on any atom is -0.496 e. The van der Waals surface area contributed by atoms with Gasteiger partial charge in [0.25, 0.3) is 5.91 Å². The zero-order chi connectivity index (χ0) is 15.2. The van der Waals surface area contributed by atoms with E-state index in [1.54, 1.807) is 19.2 Å². The van der Waals surface area contributed by atoms with Crippen molar-refractivity contribution in [2.24, 2.45) is 0 Å². The quantitative estimate of drug-likeness (QED) is 0.880. The van der Waals surface area contributed by atoms with Gasteiger partial charge in [0.05, 0.1) is 7.11 Å². The summed E-state index contributed by atoms with van der Waals surface area (Å²) < 4.78 is 5.28. The van der Waals surface area contributed by atoms with Crippen LogP contribution in [0.3, 0.4) is 0 Å². The van der Waals surface area contributed by atoms with Crippen molar-refractivity contribution in [1.82, 2.24) is 10.3 Å². The Kier molecular flexibility index (Phi) is 4.77. The van der Waals surface area contributed by atoms with Crippen LogP contribution >= 0.6 is 0 Å². The third-order valence-electron chi connectivity index (χ3n) is 3.11. The van der Waals surface area contributed by atoms with Crippen LogP contribution in [0.15, 0.2) is 36.4 Å². The SMILES string of the molecule is COc1ccccc1CCNC(=O)c1cc(C)nc(N)c1. The molecule has 3 N–H and O–H groups in total. The van der Waals surface area contributed by atoms with E-state index in [-0.39, 0.29) is 5.91 Å². The third-order valence-corrected chi connectivity index (χ3v) is 3.11. The molecule has 110 valence electrons. The molecule has 1 amide bonds. The summed E-state index contributed by atoms with van der Waals surface area (Å²) in [6.07, 6.45) is 0.704. The molecule has 0 radical (unpaired) electrons. The largest absolute Gasteiger partial charge is 0.496 e. The highest BCUT2D eigenvalue weighted by Gasteiger charge is 2.08. The zero-order valence-corrected chi connectivity index (χ0v) is 12.2. The lowest BCUT2D eigenvalue weighted by Crippen LogP contribution is -2.26. The maximum atomic E-state index is 12.1. The number of benzene rings is 1. The minimum atomic E-state index is -0.151. The van der Waals surface area contributed by atoms with Crippen molar-refractivity contribution in [2.75, 3.05) is 19.4 Å². The Morgan fingerprint density at radius 2 is 2.10 bits per heavy atom. The first-order valence-corrected chi connectivity index (χ1v) is 6.74. The van der Waals surface area contributed by atoms with Crippen molar-refractivity contribution in [3.8, 4) is 5.75 Å². The number of hydrogen-bond acceptors (Lipinski definition) is 4. The van der Waals surface area contributed by atoms with Gasteiger partial charge in [-0.15, -0.1) is 0 Å². The van der Waals surface area contributed by atoms with Crippen LogP contribution in [0.2, 0.25) is 0 Å². The first-order chi connectivity index (χ1) is 10.1. The van der Waals surface area contributed by atoms with Crippen LogP contribution in [0.25, 0.3) is 0 Å². The van der Waals surface area contributed by atoms with Crippen LogP contribution in [-0.4, -0.2) is 24.5 Å². The predicted octanol–water partition coefficient (Wildman–Crippen LogP) is 1.95. The lowest BCUT2D eigenvalue weighted by molar-refractivity contribution is 0.0954. The van der Waals surface area contributed by atoms with Gasteiger partial charge in [-0.1, -0.05) is 18.2 Å². The number of nitrogens with zero attached hydrogens (tertiary/aromatic N) is 1. The number of rotatable bonds is 5. The topological polar surface area (TPSA) is 77.2 Å². The van der Waals surface area contributed by atoms with E-state index in [9.17, 15) is 4.79 Å². The van der Waals surface area contributed by atoms with Gasteiger partial charge in [0.2, 0.25) is 0 Å². The van der Waals surface area contributed by atoms with Crippen molar-refractivity contribution in [1.29, 1.82) is 0 Å². The molecule has 21 heavy (non-hydrogen) atoms. The zero-order valence-electron chi connectivity index (χ0n) is 12.2. The average molecular weight is 285 g/mol. The Hall–Kier alpha value is -2.56. The fraction of sp³-hybridized carbons (Fsp3) is 0.250. The van der Waals surface area contributed by atoms with E-state index in [2.05, 4.69) is 10.3 Å². The predicted molar refractivity (Wildman–Crippen MR) is 82.4 cm³/mol. The molecule has 2 aromatic rings. The summed E-state index contributed by atoms with van der Waals surface area (Å²) in [7, 11) is 1.64. The number of nitrogens with one attached hydrogen (secondary N) is 1. The second-order valence-electron chi connectivity index (χ2n) is 4.74. The minimum absolute atomic E-state index is 0.151. The van der Waals surface area contributed by atoms with Gasteiger partial charge in [-0.25, -0.2) is 4.98 Å². The third kappa shape index (κ3) is 3.95. The van der Waals surface area contributed by atoms with Gasteiger partial charge in [-0.2, -0.15) is 0 Å². The van der Waals surface area contributed by atoms with Crippen molar-refractivity contribution < 1.29 is 9.53 Å². The van der Waals surface area contributed by atoms with Gasteiger partial charge in [0.15, 0.2) is 0 Å². The van der Waals surface area contributed by atoms with E-state index in [1.807, 2.05) is 31.2 Å². The van der Waals surface area contributed by atoms with Gasteiger partial charge in [-0.05, 0) is 37.1 Å². The first-order valence-electron chi connectivity index (χ1n) is 6.74. The molecule has 0 atom stereocenters. The van der Waals surface area contributed by atoms with E-state index in [1.165, 1.54) is 0 Å². The number of nitrogen functional groups attached to an aromatic ring is 1. The second-order valence-corrected chi connectivity index (χ2v) is 4.74. The number of para-hydroxylation sites is 1. The Balaban J connectivity index is 1.95. The number of anilines is 1. The molecule has 0 spiro atoms. The van der Waals surface area contributed by atoms with Crippen molar-refractivity contribution in [2.45, 2.75) is 13.3 Å². The molecule has 1 aromatic heterocycles. The van der Waals surface area contributed by atoms with Crippen molar-refractivity contribution in [3.63, 3.8) is 0 Å². The molecule has 0 bridgehead atoms. The van der Waals surface area contributed by atoms with Gasteiger partial charge in [-0.3, -0.25) is 4.79 Å². The molecular weight excluding hydrogens is 266 g/mol. The normalized spacial score (nSPS) is 10.2. The molecule has 0 aliphatic carbocycles. The van der Waals surface area contributed by atoms with Gasteiger partial charge in [0, 0.05) is 17.8 Å². The molecule has 1 aromatic carbocycles. The maximum absolute atomic E-state index is 12.1. The van der Waals surface area contributed by atoms with Gasteiger partial charge in [0.1, 0.15) is 11.6 Å². The van der Waals surface area contributed by atoms with Gasteiger partial charge < -0.3 is 15.8 Å². The number of aromatic nitrogens is 1. The summed E-state index contributed by atoms with van der Waals surface area (Å²) in [6.45, 7) is 2.34. The lowest BCUT2D eigenvalue weighted by atomic mass is 10.1. The number of nitrogens with two attached hydrogens (primary N) is 1. The lowest BCUT2D eigenvalue weighted by Gasteiger charge is -2.09. The Labute approximate surface area is 124 Å². The highest BCUT2D eigenvalue weighted by atomic mass is 16.5. The van der Waals surface area contributed by atoms with E-state index in [4.69, 9.17) is 10.5 Å². The van der Waals surface area contributed by atoms with Crippen LogP contribution < -0.4 is 15.8 Å². The fourth-order valence-electron chi connectivity index (χ4n) is 2.15. The highest BCUT2D eigenvalue weighted by Crippen LogP contribution is 2.17. The van der Waals surface area contributed by atoms with E-state index in [0.29, 0.717) is 24.3 Å². The number of aryl methyl sites for hydroxylation is 1. The smallest absolute Gasteiger partial charge is 0.251 e. The number of pyridine rings is 1. The monoisotopic (exact) mass is 285 g/mol. The summed E-state index contributed by atoms with van der Waals surface area (Å²) in [5.41, 5.74) is 7.96. The standard InChI is InChI=1S/C16H19N3O2/c1-11-9-13(10-15(17)19-11)16(20)18-8-7-12-5-3-4-6-14(12)21-2/h3-6,9-10H,7-8H2,1-2H3,(H2,17,19)(H,18,20). The van der Waals surface area contributed by atoms with Crippen molar-refractivity contribution in [3.05, 3.63) is 53.2 Å². The summed E-state index contributed by atoms with van der Waals surface area (Å²) in [5, 5.41) is 2.88. The second kappa shape index (κ2) is 6.74. The van der Waals surface area contributed by atoms with E-state index in [0.717, 1.165) is 17.0 Å². The molecule has 0 aliphatic heterocycles. The highest BCUT2D eigenvalue weighted by molar-refractivity contribution is 5.94. The summed E-state index contributed by atoms with van der Waals surface area (Å²) in [4.78, 5) is 16.1. The first kappa shape index (κ1) is 14.8. The van der Waals surface area contributed by atoms with Crippen LogP contribution in [0.5, 0.6) is 5.75 Å². The molecule has 0 fully saturated rings. The van der Waals surface area contributed by atoms with Crippen LogP contribution in [0, 0.1) is 6.92 Å².